The molecule has 3 heteroatoms. The number of allylic oxidation sites excluding steroid dienone is 1. The highest BCUT2D eigenvalue weighted by molar-refractivity contribution is 5.72. The van der Waals surface area contributed by atoms with Crippen molar-refractivity contribution in [1.82, 2.24) is 10.6 Å². The number of hydrogen-bond acceptors (Lipinski definition) is 2. The minimum absolute atomic E-state index is 0.0480. The summed E-state index contributed by atoms with van der Waals surface area (Å²) in [6.07, 6.45) is 8.82. The molecule has 0 bridgehead atoms. The van der Waals surface area contributed by atoms with Gasteiger partial charge in [-0.3, -0.25) is 4.79 Å². The van der Waals surface area contributed by atoms with Crippen LogP contribution in [0.15, 0.2) is 11.6 Å². The predicted octanol–water partition coefficient (Wildman–Crippen LogP) is 1.60. The maximum atomic E-state index is 10.6. The van der Waals surface area contributed by atoms with E-state index < -0.39 is 0 Å². The number of carbonyl (C=O) groups is 1. The summed E-state index contributed by atoms with van der Waals surface area (Å²) >= 11 is 0. The number of hydrogen-bond donors (Lipinski definition) is 2. The van der Waals surface area contributed by atoms with E-state index in [-0.39, 0.29) is 5.91 Å². The van der Waals surface area contributed by atoms with Gasteiger partial charge in [-0.15, -0.1) is 0 Å². The van der Waals surface area contributed by atoms with Gasteiger partial charge in [0.1, 0.15) is 0 Å². The summed E-state index contributed by atoms with van der Waals surface area (Å²) in [6.45, 7) is 4.18. The summed E-state index contributed by atoms with van der Waals surface area (Å²) in [5.74, 6) is 0.0480. The molecule has 0 saturated heterocycles. The zero-order chi connectivity index (χ0) is 10.9. The molecular formula is C12H22N2O. The highest BCUT2D eigenvalue weighted by Crippen LogP contribution is 2.19. The Hall–Kier alpha value is -0.830. The lowest BCUT2D eigenvalue weighted by Gasteiger charge is -2.12. The molecule has 0 heterocycles. The van der Waals surface area contributed by atoms with Crippen molar-refractivity contribution in [1.29, 1.82) is 0 Å². The topological polar surface area (TPSA) is 41.1 Å². The SMILES string of the molecule is CC(=O)NCCNCCC1=CCCCC1. The summed E-state index contributed by atoms with van der Waals surface area (Å²) in [5, 5.41) is 6.10. The van der Waals surface area contributed by atoms with Crippen LogP contribution in [0.3, 0.4) is 0 Å². The van der Waals surface area contributed by atoms with Gasteiger partial charge in [-0.1, -0.05) is 11.6 Å². The van der Waals surface area contributed by atoms with Crippen molar-refractivity contribution in [2.24, 2.45) is 0 Å². The van der Waals surface area contributed by atoms with E-state index in [9.17, 15) is 4.79 Å². The second-order valence-electron chi connectivity index (χ2n) is 4.09. The van der Waals surface area contributed by atoms with Crippen LogP contribution < -0.4 is 10.6 Å². The third-order valence-electron chi connectivity index (χ3n) is 2.68. The largest absolute Gasteiger partial charge is 0.355 e. The standard InChI is InChI=1S/C12H22N2O/c1-11(15)14-10-9-13-8-7-12-5-3-2-4-6-12/h5,13H,2-4,6-10H2,1H3,(H,14,15). The van der Waals surface area contributed by atoms with Crippen LogP contribution in [-0.2, 0) is 4.79 Å². The second kappa shape index (κ2) is 7.46. The first-order chi connectivity index (χ1) is 7.29. The Bertz CT molecular complexity index is 224. The van der Waals surface area contributed by atoms with E-state index in [0.29, 0.717) is 0 Å². The van der Waals surface area contributed by atoms with Crippen LogP contribution in [-0.4, -0.2) is 25.5 Å². The zero-order valence-electron chi connectivity index (χ0n) is 9.64. The molecule has 0 unspecified atom stereocenters. The van der Waals surface area contributed by atoms with Gasteiger partial charge in [0.15, 0.2) is 0 Å². The molecule has 0 atom stereocenters. The van der Waals surface area contributed by atoms with E-state index >= 15 is 0 Å². The highest BCUT2D eigenvalue weighted by atomic mass is 16.1. The molecule has 0 saturated carbocycles. The summed E-state index contributed by atoms with van der Waals surface area (Å²) in [5.41, 5.74) is 1.60. The molecule has 1 amide bonds. The van der Waals surface area contributed by atoms with Crippen LogP contribution in [0.1, 0.15) is 39.0 Å². The molecule has 86 valence electrons. The van der Waals surface area contributed by atoms with E-state index in [2.05, 4.69) is 16.7 Å². The molecule has 0 aromatic heterocycles. The molecule has 15 heavy (non-hydrogen) atoms. The van der Waals surface area contributed by atoms with Gasteiger partial charge in [-0.25, -0.2) is 0 Å². The molecule has 0 spiro atoms. The van der Waals surface area contributed by atoms with Gasteiger partial charge in [-0.2, -0.15) is 0 Å². The first kappa shape index (κ1) is 12.2. The fourth-order valence-electron chi connectivity index (χ4n) is 1.83. The van der Waals surface area contributed by atoms with E-state index in [1.54, 1.807) is 12.5 Å². The summed E-state index contributed by atoms with van der Waals surface area (Å²) in [4.78, 5) is 10.6. The Morgan fingerprint density at radius 3 is 2.87 bits per heavy atom. The normalized spacial score (nSPS) is 15.9. The van der Waals surface area contributed by atoms with Crippen LogP contribution >= 0.6 is 0 Å². The first-order valence-corrected chi connectivity index (χ1v) is 5.92. The lowest BCUT2D eigenvalue weighted by atomic mass is 9.97. The van der Waals surface area contributed by atoms with E-state index in [0.717, 1.165) is 19.6 Å². The van der Waals surface area contributed by atoms with Crippen molar-refractivity contribution in [3.8, 4) is 0 Å². The maximum Gasteiger partial charge on any atom is 0.216 e. The zero-order valence-corrected chi connectivity index (χ0v) is 9.64. The van der Waals surface area contributed by atoms with Crippen LogP contribution in [0, 0.1) is 0 Å². The summed E-state index contributed by atoms with van der Waals surface area (Å²) < 4.78 is 0. The van der Waals surface area contributed by atoms with Gasteiger partial charge in [0.25, 0.3) is 0 Å². The average molecular weight is 210 g/mol. The number of amides is 1. The van der Waals surface area contributed by atoms with Crippen LogP contribution in [0.5, 0.6) is 0 Å². The molecule has 1 aliphatic carbocycles. The fourth-order valence-corrected chi connectivity index (χ4v) is 1.83. The Morgan fingerprint density at radius 1 is 1.33 bits per heavy atom. The third kappa shape index (κ3) is 6.28. The second-order valence-corrected chi connectivity index (χ2v) is 4.09. The summed E-state index contributed by atoms with van der Waals surface area (Å²) in [7, 11) is 0. The molecule has 1 aliphatic rings. The van der Waals surface area contributed by atoms with E-state index in [1.165, 1.54) is 32.1 Å². The van der Waals surface area contributed by atoms with E-state index in [4.69, 9.17) is 0 Å². The molecule has 0 aromatic carbocycles. The van der Waals surface area contributed by atoms with Crippen molar-refractivity contribution in [2.75, 3.05) is 19.6 Å². The van der Waals surface area contributed by atoms with Gasteiger partial charge < -0.3 is 10.6 Å². The molecule has 0 radical (unpaired) electrons. The number of rotatable bonds is 6. The summed E-state index contributed by atoms with van der Waals surface area (Å²) in [6, 6.07) is 0. The van der Waals surface area contributed by atoms with Crippen molar-refractivity contribution in [3.05, 3.63) is 11.6 Å². The Kier molecular flexibility index (Phi) is 6.09. The van der Waals surface area contributed by atoms with Crippen LogP contribution in [0.25, 0.3) is 0 Å². The lowest BCUT2D eigenvalue weighted by Crippen LogP contribution is -2.30. The quantitative estimate of drug-likeness (QED) is 0.516. The van der Waals surface area contributed by atoms with Crippen LogP contribution in [0.2, 0.25) is 0 Å². The van der Waals surface area contributed by atoms with Gasteiger partial charge in [0.05, 0.1) is 0 Å². The predicted molar refractivity (Wildman–Crippen MR) is 62.7 cm³/mol. The fraction of sp³-hybridized carbons (Fsp3) is 0.750. The Balaban J connectivity index is 1.92. The number of nitrogens with one attached hydrogen (secondary N) is 2. The average Bonchev–Trinajstić information content (AvgIpc) is 2.24. The highest BCUT2D eigenvalue weighted by Gasteiger charge is 2.02. The van der Waals surface area contributed by atoms with Crippen molar-refractivity contribution < 1.29 is 4.79 Å². The Morgan fingerprint density at radius 2 is 2.20 bits per heavy atom. The molecule has 2 N–H and O–H groups in total. The molecule has 0 fully saturated rings. The van der Waals surface area contributed by atoms with Gasteiger partial charge in [-0.05, 0) is 38.6 Å². The van der Waals surface area contributed by atoms with Gasteiger partial charge in [0.2, 0.25) is 5.91 Å². The van der Waals surface area contributed by atoms with Gasteiger partial charge >= 0.3 is 0 Å². The van der Waals surface area contributed by atoms with Crippen molar-refractivity contribution >= 4 is 5.91 Å². The molecule has 3 nitrogen and oxygen atoms in total. The maximum absolute atomic E-state index is 10.6. The van der Waals surface area contributed by atoms with Crippen molar-refractivity contribution in [3.63, 3.8) is 0 Å². The smallest absolute Gasteiger partial charge is 0.216 e. The lowest BCUT2D eigenvalue weighted by molar-refractivity contribution is -0.118. The van der Waals surface area contributed by atoms with E-state index in [1.807, 2.05) is 0 Å². The molecular weight excluding hydrogens is 188 g/mol. The molecule has 1 rings (SSSR count). The first-order valence-electron chi connectivity index (χ1n) is 5.92. The number of carbonyl (C=O) groups excluding carboxylic acids is 1. The minimum atomic E-state index is 0.0480. The monoisotopic (exact) mass is 210 g/mol. The van der Waals surface area contributed by atoms with Crippen molar-refractivity contribution in [2.45, 2.75) is 39.0 Å². The molecule has 0 aromatic rings. The molecule has 0 aliphatic heterocycles. The van der Waals surface area contributed by atoms with Crippen LogP contribution in [0.4, 0.5) is 0 Å². The minimum Gasteiger partial charge on any atom is -0.355 e. The third-order valence-corrected chi connectivity index (χ3v) is 2.68. The Labute approximate surface area is 92.3 Å². The van der Waals surface area contributed by atoms with Gasteiger partial charge in [0, 0.05) is 20.0 Å².